The summed E-state index contributed by atoms with van der Waals surface area (Å²) in [5.74, 6) is 1.04. The number of hydrogen-bond donors (Lipinski definition) is 2. The highest BCUT2D eigenvalue weighted by atomic mass is 15.0. The van der Waals surface area contributed by atoms with E-state index in [-0.39, 0.29) is 0 Å². The number of nitrogens with one attached hydrogen (secondary N) is 2. The monoisotopic (exact) mass is 217 g/mol. The zero-order valence-corrected chi connectivity index (χ0v) is 10.2. The minimum atomic E-state index is 0.317. The molecule has 1 aromatic carbocycles. The van der Waals surface area contributed by atoms with Gasteiger partial charge in [0.05, 0.1) is 17.1 Å². The first-order valence-corrected chi connectivity index (χ1v) is 5.94. The van der Waals surface area contributed by atoms with Crippen LogP contribution in [0.5, 0.6) is 0 Å². The smallest absolute Gasteiger partial charge is 0.124 e. The van der Waals surface area contributed by atoms with Crippen LogP contribution in [-0.4, -0.2) is 17.0 Å². The van der Waals surface area contributed by atoms with Crippen LogP contribution in [0.25, 0.3) is 11.0 Å². The summed E-state index contributed by atoms with van der Waals surface area (Å²) in [7, 11) is 1.97. The van der Waals surface area contributed by atoms with Crippen molar-refractivity contribution in [3.8, 4) is 0 Å². The highest BCUT2D eigenvalue weighted by Gasteiger charge is 2.11. The standard InChI is InChI=1S/C13H19N3/c1-4-9-6-7-11-12(8-9)16-13(15-11)10(5-2)14-3/h6-8,10,14H,4-5H2,1-3H3,(H,15,16). The van der Waals surface area contributed by atoms with Crippen molar-refractivity contribution < 1.29 is 0 Å². The van der Waals surface area contributed by atoms with Crippen LogP contribution in [0.1, 0.15) is 37.7 Å². The van der Waals surface area contributed by atoms with Crippen LogP contribution in [0, 0.1) is 0 Å². The number of imidazole rings is 1. The summed E-state index contributed by atoms with van der Waals surface area (Å²) in [5, 5.41) is 3.26. The van der Waals surface area contributed by atoms with E-state index in [2.05, 4.69) is 47.3 Å². The van der Waals surface area contributed by atoms with Crippen molar-refractivity contribution >= 4 is 11.0 Å². The number of H-pyrrole nitrogens is 1. The molecule has 3 nitrogen and oxygen atoms in total. The molecule has 16 heavy (non-hydrogen) atoms. The molecule has 0 amide bonds. The van der Waals surface area contributed by atoms with Gasteiger partial charge < -0.3 is 10.3 Å². The van der Waals surface area contributed by atoms with E-state index in [9.17, 15) is 0 Å². The molecule has 0 aliphatic heterocycles. The quantitative estimate of drug-likeness (QED) is 0.826. The summed E-state index contributed by atoms with van der Waals surface area (Å²) in [4.78, 5) is 8.01. The lowest BCUT2D eigenvalue weighted by Crippen LogP contribution is -2.16. The van der Waals surface area contributed by atoms with Gasteiger partial charge in [0.15, 0.2) is 0 Å². The van der Waals surface area contributed by atoms with Crippen molar-refractivity contribution in [2.45, 2.75) is 32.7 Å². The van der Waals surface area contributed by atoms with Crippen LogP contribution < -0.4 is 5.32 Å². The molecule has 0 spiro atoms. The second-order valence-electron chi connectivity index (χ2n) is 4.08. The lowest BCUT2D eigenvalue weighted by Gasteiger charge is -2.09. The predicted octanol–water partition coefficient (Wildman–Crippen LogP) is 2.80. The van der Waals surface area contributed by atoms with Crippen molar-refractivity contribution in [3.05, 3.63) is 29.6 Å². The molecule has 86 valence electrons. The van der Waals surface area contributed by atoms with Gasteiger partial charge in [-0.2, -0.15) is 0 Å². The topological polar surface area (TPSA) is 40.7 Å². The Morgan fingerprint density at radius 3 is 2.81 bits per heavy atom. The lowest BCUT2D eigenvalue weighted by molar-refractivity contribution is 0.551. The van der Waals surface area contributed by atoms with Crippen molar-refractivity contribution in [1.82, 2.24) is 15.3 Å². The van der Waals surface area contributed by atoms with E-state index < -0.39 is 0 Å². The van der Waals surface area contributed by atoms with Gasteiger partial charge in [0.25, 0.3) is 0 Å². The van der Waals surface area contributed by atoms with Crippen LogP contribution in [0.3, 0.4) is 0 Å². The van der Waals surface area contributed by atoms with E-state index in [0.717, 1.165) is 29.7 Å². The van der Waals surface area contributed by atoms with E-state index >= 15 is 0 Å². The number of aromatic amines is 1. The molecule has 1 heterocycles. The van der Waals surface area contributed by atoms with E-state index in [1.54, 1.807) is 0 Å². The Balaban J connectivity index is 2.43. The summed E-state index contributed by atoms with van der Waals surface area (Å²) < 4.78 is 0. The average Bonchev–Trinajstić information content (AvgIpc) is 2.72. The summed E-state index contributed by atoms with van der Waals surface area (Å²) in [6.07, 6.45) is 2.10. The van der Waals surface area contributed by atoms with Crippen molar-refractivity contribution in [2.75, 3.05) is 7.05 Å². The van der Waals surface area contributed by atoms with Gasteiger partial charge in [-0.05, 0) is 37.6 Å². The number of aryl methyl sites for hydroxylation is 1. The number of rotatable bonds is 4. The molecule has 2 rings (SSSR count). The van der Waals surface area contributed by atoms with Crippen LogP contribution in [0.15, 0.2) is 18.2 Å². The first-order valence-electron chi connectivity index (χ1n) is 5.94. The van der Waals surface area contributed by atoms with Gasteiger partial charge >= 0.3 is 0 Å². The first-order chi connectivity index (χ1) is 7.78. The number of nitrogens with zero attached hydrogens (tertiary/aromatic N) is 1. The molecule has 0 aliphatic rings. The molecule has 2 aromatic rings. The second kappa shape index (κ2) is 4.66. The number of benzene rings is 1. The summed E-state index contributed by atoms with van der Waals surface area (Å²) >= 11 is 0. The van der Waals surface area contributed by atoms with E-state index in [1.807, 2.05) is 7.05 Å². The van der Waals surface area contributed by atoms with Gasteiger partial charge in [0.2, 0.25) is 0 Å². The molecule has 0 bridgehead atoms. The van der Waals surface area contributed by atoms with Crippen molar-refractivity contribution in [3.63, 3.8) is 0 Å². The van der Waals surface area contributed by atoms with Gasteiger partial charge in [-0.3, -0.25) is 0 Å². The normalized spacial score (nSPS) is 13.2. The highest BCUT2D eigenvalue weighted by molar-refractivity contribution is 5.76. The average molecular weight is 217 g/mol. The van der Waals surface area contributed by atoms with E-state index in [0.29, 0.717) is 6.04 Å². The Labute approximate surface area is 96.3 Å². The van der Waals surface area contributed by atoms with Gasteiger partial charge in [-0.1, -0.05) is 19.9 Å². The molecule has 2 N–H and O–H groups in total. The number of fused-ring (bicyclic) bond motifs is 1. The fourth-order valence-electron chi connectivity index (χ4n) is 2.00. The summed E-state index contributed by atoms with van der Waals surface area (Å²) in [5.41, 5.74) is 3.55. The Morgan fingerprint density at radius 1 is 1.38 bits per heavy atom. The van der Waals surface area contributed by atoms with Crippen LogP contribution in [0.4, 0.5) is 0 Å². The van der Waals surface area contributed by atoms with Crippen LogP contribution in [0.2, 0.25) is 0 Å². The molecule has 0 saturated carbocycles. The molecule has 1 atom stereocenters. The van der Waals surface area contributed by atoms with Crippen molar-refractivity contribution in [2.24, 2.45) is 0 Å². The Bertz CT molecular complexity index is 469. The summed E-state index contributed by atoms with van der Waals surface area (Å²) in [6.45, 7) is 4.33. The van der Waals surface area contributed by atoms with Crippen LogP contribution in [-0.2, 0) is 6.42 Å². The zero-order valence-electron chi connectivity index (χ0n) is 10.2. The summed E-state index contributed by atoms with van der Waals surface area (Å²) in [6, 6.07) is 6.75. The minimum Gasteiger partial charge on any atom is -0.341 e. The van der Waals surface area contributed by atoms with E-state index in [4.69, 9.17) is 0 Å². The lowest BCUT2D eigenvalue weighted by atomic mass is 10.1. The Kier molecular flexibility index (Phi) is 3.25. The molecular weight excluding hydrogens is 198 g/mol. The molecule has 0 saturated heterocycles. The third-order valence-corrected chi connectivity index (χ3v) is 3.06. The molecule has 0 aliphatic carbocycles. The number of hydrogen-bond acceptors (Lipinski definition) is 2. The minimum absolute atomic E-state index is 0.317. The fraction of sp³-hybridized carbons (Fsp3) is 0.462. The molecule has 1 unspecified atom stereocenters. The first kappa shape index (κ1) is 11.1. The SMILES string of the molecule is CCc1ccc2nc(C(CC)NC)[nH]c2c1. The van der Waals surface area contributed by atoms with E-state index in [1.165, 1.54) is 5.56 Å². The largest absolute Gasteiger partial charge is 0.341 e. The maximum absolute atomic E-state index is 4.61. The molecule has 0 radical (unpaired) electrons. The molecule has 1 aromatic heterocycles. The molecule has 3 heteroatoms. The van der Waals surface area contributed by atoms with Gasteiger partial charge in [-0.25, -0.2) is 4.98 Å². The predicted molar refractivity (Wildman–Crippen MR) is 67.6 cm³/mol. The van der Waals surface area contributed by atoms with Gasteiger partial charge in [0, 0.05) is 0 Å². The molecule has 0 fully saturated rings. The third-order valence-electron chi connectivity index (χ3n) is 3.06. The zero-order chi connectivity index (χ0) is 11.5. The number of aromatic nitrogens is 2. The second-order valence-corrected chi connectivity index (χ2v) is 4.08. The maximum Gasteiger partial charge on any atom is 0.124 e. The van der Waals surface area contributed by atoms with Crippen molar-refractivity contribution in [1.29, 1.82) is 0 Å². The fourth-order valence-corrected chi connectivity index (χ4v) is 2.00. The van der Waals surface area contributed by atoms with Gasteiger partial charge in [0.1, 0.15) is 5.82 Å². The third kappa shape index (κ3) is 1.95. The van der Waals surface area contributed by atoms with Gasteiger partial charge in [-0.15, -0.1) is 0 Å². The maximum atomic E-state index is 4.61. The highest BCUT2D eigenvalue weighted by Crippen LogP contribution is 2.19. The molecular formula is C13H19N3. The Morgan fingerprint density at radius 2 is 2.19 bits per heavy atom. The Hall–Kier alpha value is -1.35. The van der Waals surface area contributed by atoms with Crippen LogP contribution >= 0.6 is 0 Å².